The second-order valence-corrected chi connectivity index (χ2v) is 8.05. The van der Waals surface area contributed by atoms with Gasteiger partial charge in [-0.05, 0) is 41.7 Å². The highest BCUT2D eigenvalue weighted by molar-refractivity contribution is 5.78. The zero-order chi connectivity index (χ0) is 19.1. The molecule has 28 heavy (non-hydrogen) atoms. The molecule has 5 heteroatoms. The van der Waals surface area contributed by atoms with Gasteiger partial charge in [-0.25, -0.2) is 9.38 Å². The summed E-state index contributed by atoms with van der Waals surface area (Å²) in [4.78, 5) is 11.2. The highest BCUT2D eigenvalue weighted by Gasteiger charge is 2.49. The molecule has 3 aliphatic rings. The fraction of sp³-hybridized carbons (Fsp3) is 0.391. The first-order valence-electron chi connectivity index (χ1n) is 9.90. The van der Waals surface area contributed by atoms with E-state index >= 15 is 0 Å². The van der Waals surface area contributed by atoms with Gasteiger partial charge in [0.1, 0.15) is 18.0 Å². The number of amidine groups is 1. The van der Waals surface area contributed by atoms with Crippen molar-refractivity contribution >= 4 is 6.02 Å². The van der Waals surface area contributed by atoms with Gasteiger partial charge in [0.2, 0.25) is 0 Å². The van der Waals surface area contributed by atoms with Gasteiger partial charge >= 0.3 is 0 Å². The highest BCUT2D eigenvalue weighted by atomic mass is 19.1. The Labute approximate surface area is 164 Å². The molecule has 0 amide bonds. The summed E-state index contributed by atoms with van der Waals surface area (Å²) in [5.41, 5.74) is 3.40. The number of benzene rings is 2. The lowest BCUT2D eigenvalue weighted by Gasteiger charge is -2.38. The maximum absolute atomic E-state index is 13.5. The Balaban J connectivity index is 1.53. The summed E-state index contributed by atoms with van der Waals surface area (Å²) in [5, 5.41) is 0. The van der Waals surface area contributed by atoms with E-state index in [-0.39, 0.29) is 23.4 Å². The van der Waals surface area contributed by atoms with E-state index in [4.69, 9.17) is 16.3 Å². The minimum absolute atomic E-state index is 0.0316. The molecule has 2 heterocycles. The zero-order valence-corrected chi connectivity index (χ0v) is 15.7. The van der Waals surface area contributed by atoms with Crippen LogP contribution in [0.15, 0.2) is 53.5 Å². The van der Waals surface area contributed by atoms with Crippen LogP contribution < -0.4 is 0 Å². The lowest BCUT2D eigenvalue weighted by molar-refractivity contribution is 0.203. The summed E-state index contributed by atoms with van der Waals surface area (Å²) >= 11 is 0. The molecule has 0 aromatic heterocycles. The molecular weight excluding hydrogens is 353 g/mol. The van der Waals surface area contributed by atoms with Crippen LogP contribution in [-0.4, -0.2) is 35.7 Å². The average molecular weight is 376 g/mol. The fourth-order valence-corrected chi connectivity index (χ4v) is 4.83. The molecule has 0 N–H and O–H groups in total. The van der Waals surface area contributed by atoms with Gasteiger partial charge in [0.15, 0.2) is 0 Å². The van der Waals surface area contributed by atoms with Crippen molar-refractivity contribution in [2.45, 2.75) is 43.3 Å². The van der Waals surface area contributed by atoms with Crippen molar-refractivity contribution in [1.82, 2.24) is 4.90 Å². The third-order valence-electron chi connectivity index (χ3n) is 6.29. The Morgan fingerprint density at radius 1 is 1.18 bits per heavy atom. The molecule has 0 radical (unpaired) electrons. The Morgan fingerprint density at radius 2 is 2.00 bits per heavy atom. The topological polar surface area (TPSA) is 29.2 Å². The van der Waals surface area contributed by atoms with E-state index in [1.165, 1.54) is 23.3 Å². The molecule has 4 nitrogen and oxygen atoms in total. The first kappa shape index (κ1) is 17.2. The van der Waals surface area contributed by atoms with Crippen LogP contribution in [0.2, 0.25) is 0 Å². The van der Waals surface area contributed by atoms with E-state index in [0.29, 0.717) is 12.6 Å². The maximum atomic E-state index is 13.5. The first-order chi connectivity index (χ1) is 13.7. The third-order valence-corrected chi connectivity index (χ3v) is 6.29. The summed E-state index contributed by atoms with van der Waals surface area (Å²) in [5.74, 6) is -0.227. The van der Waals surface area contributed by atoms with Crippen LogP contribution in [0.25, 0.3) is 4.85 Å². The minimum atomic E-state index is -0.227. The number of rotatable bonds is 1. The quantitative estimate of drug-likeness (QED) is 0.738. The van der Waals surface area contributed by atoms with E-state index in [1.54, 1.807) is 0 Å². The van der Waals surface area contributed by atoms with Crippen molar-refractivity contribution in [2.24, 2.45) is 4.99 Å². The molecule has 1 aliphatic carbocycles. The second-order valence-electron chi connectivity index (χ2n) is 8.05. The van der Waals surface area contributed by atoms with Gasteiger partial charge in [-0.1, -0.05) is 41.2 Å². The van der Waals surface area contributed by atoms with Crippen molar-refractivity contribution in [3.8, 4) is 6.57 Å². The van der Waals surface area contributed by atoms with Crippen LogP contribution in [0.5, 0.6) is 0 Å². The van der Waals surface area contributed by atoms with Gasteiger partial charge in [0.25, 0.3) is 18.6 Å². The predicted molar refractivity (Wildman–Crippen MR) is 107 cm³/mol. The summed E-state index contributed by atoms with van der Waals surface area (Å²) in [7, 11) is 0. The van der Waals surface area contributed by atoms with E-state index in [9.17, 15) is 4.39 Å². The van der Waals surface area contributed by atoms with Crippen molar-refractivity contribution in [3.63, 3.8) is 0 Å². The highest BCUT2D eigenvalue weighted by Crippen LogP contribution is 2.42. The number of aliphatic imine (C=N–C) groups is 1. The molecule has 2 aromatic carbocycles. The molecule has 2 aliphatic heterocycles. The number of hydrogen-bond donors (Lipinski definition) is 0. The molecule has 2 aromatic rings. The number of hydrogen-bond acceptors (Lipinski definition) is 3. The normalized spacial score (nSPS) is 28.6. The van der Waals surface area contributed by atoms with Gasteiger partial charge in [0.05, 0.1) is 12.5 Å². The summed E-state index contributed by atoms with van der Waals surface area (Å²) < 4.78 is 19.7. The first-order valence-corrected chi connectivity index (χ1v) is 9.90. The molecule has 1 saturated carbocycles. The monoisotopic (exact) mass is 376 g/mol. The maximum Gasteiger partial charge on any atom is 0.288 e. The third kappa shape index (κ3) is 2.84. The average Bonchev–Trinajstić information content (AvgIpc) is 3.34. The second kappa shape index (κ2) is 6.63. The molecule has 3 atom stereocenters. The van der Waals surface area contributed by atoms with Crippen molar-refractivity contribution < 1.29 is 9.13 Å². The SMILES string of the molecule is C#[N+][C@@H]1CC[C@@]2(COC(N3CCc4ccccc4[C@@H]3c3ccc(F)cc3)=N2)C1. The molecule has 0 saturated heterocycles. The minimum Gasteiger partial charge on any atom is -0.463 e. The molecular formula is C23H23FN3O+. The van der Waals surface area contributed by atoms with Crippen LogP contribution in [0.1, 0.15) is 42.0 Å². The molecule has 142 valence electrons. The molecule has 0 unspecified atom stereocenters. The van der Waals surface area contributed by atoms with E-state index in [1.807, 2.05) is 12.1 Å². The molecule has 1 spiro atoms. The molecule has 5 rings (SSSR count). The Morgan fingerprint density at radius 3 is 2.79 bits per heavy atom. The largest absolute Gasteiger partial charge is 0.463 e. The smallest absolute Gasteiger partial charge is 0.288 e. The molecule has 0 bridgehead atoms. The lowest BCUT2D eigenvalue weighted by atomic mass is 9.88. The van der Waals surface area contributed by atoms with Crippen molar-refractivity contribution in [3.05, 3.63) is 75.9 Å². The molecule has 1 fully saturated rings. The van der Waals surface area contributed by atoms with E-state index < -0.39 is 0 Å². The summed E-state index contributed by atoms with van der Waals surface area (Å²) in [6, 6.07) is 16.1. The Bertz CT molecular complexity index is 965. The Kier molecular flexibility index (Phi) is 4.08. The van der Waals surface area contributed by atoms with Gasteiger partial charge in [-0.15, -0.1) is 0 Å². The van der Waals surface area contributed by atoms with Crippen molar-refractivity contribution in [2.75, 3.05) is 13.2 Å². The van der Waals surface area contributed by atoms with Gasteiger partial charge in [-0.2, -0.15) is 0 Å². The van der Waals surface area contributed by atoms with Crippen LogP contribution in [0, 0.1) is 12.4 Å². The van der Waals surface area contributed by atoms with Crippen LogP contribution in [0.3, 0.4) is 0 Å². The van der Waals surface area contributed by atoms with Crippen LogP contribution in [0.4, 0.5) is 4.39 Å². The Hall–Kier alpha value is -2.87. The number of nitrogens with zero attached hydrogens (tertiary/aromatic N) is 3. The number of ether oxygens (including phenoxy) is 1. The van der Waals surface area contributed by atoms with E-state index in [2.05, 4.69) is 34.0 Å². The van der Waals surface area contributed by atoms with Gasteiger partial charge in [-0.3, -0.25) is 0 Å². The summed E-state index contributed by atoms with van der Waals surface area (Å²) in [6.07, 6.45) is 3.69. The van der Waals surface area contributed by atoms with Gasteiger partial charge in [0, 0.05) is 13.0 Å². The number of fused-ring (bicyclic) bond motifs is 1. The fourth-order valence-electron chi connectivity index (χ4n) is 4.83. The van der Waals surface area contributed by atoms with Crippen molar-refractivity contribution in [1.29, 1.82) is 0 Å². The standard InChI is InChI=1S/C23H23FN3O/c1-25-19-10-12-23(14-19)15-28-22(26-23)27-13-11-16-4-2-3-5-20(16)21(27)17-6-8-18(24)9-7-17/h1-9,19,21H,10-15H2/q+1/t19-,21+,23+/m1/s1. The summed E-state index contributed by atoms with van der Waals surface area (Å²) in [6.45, 7) is 6.92. The van der Waals surface area contributed by atoms with Gasteiger partial charge < -0.3 is 9.64 Å². The predicted octanol–water partition coefficient (Wildman–Crippen LogP) is 4.41. The lowest BCUT2D eigenvalue weighted by Crippen LogP contribution is -2.40. The number of halogens is 1. The van der Waals surface area contributed by atoms with Crippen LogP contribution >= 0.6 is 0 Å². The van der Waals surface area contributed by atoms with E-state index in [0.717, 1.165) is 37.8 Å². The van der Waals surface area contributed by atoms with Crippen LogP contribution in [-0.2, 0) is 11.2 Å². The zero-order valence-electron chi connectivity index (χ0n) is 15.7.